The number of rotatable bonds is 1. The SMILES string of the molecule is COC(=O)[C@@H]1CCc2ccccc2[C@@H]1N.Cl. The van der Waals surface area contributed by atoms with Crippen molar-refractivity contribution in [2.75, 3.05) is 7.11 Å². The highest BCUT2D eigenvalue weighted by Gasteiger charge is 2.32. The van der Waals surface area contributed by atoms with Crippen LogP contribution in [0.1, 0.15) is 23.6 Å². The maximum atomic E-state index is 11.5. The molecule has 16 heavy (non-hydrogen) atoms. The van der Waals surface area contributed by atoms with Gasteiger partial charge < -0.3 is 10.5 Å². The van der Waals surface area contributed by atoms with Crippen molar-refractivity contribution in [3.8, 4) is 0 Å². The van der Waals surface area contributed by atoms with Gasteiger partial charge >= 0.3 is 5.97 Å². The maximum absolute atomic E-state index is 11.5. The number of aryl methyl sites for hydroxylation is 1. The molecular formula is C12H16ClNO2. The van der Waals surface area contributed by atoms with E-state index in [2.05, 4.69) is 6.07 Å². The molecule has 4 heteroatoms. The van der Waals surface area contributed by atoms with Crippen LogP contribution in [-0.4, -0.2) is 13.1 Å². The molecule has 0 heterocycles. The fraction of sp³-hybridized carbons (Fsp3) is 0.417. The first-order valence-electron chi connectivity index (χ1n) is 5.15. The van der Waals surface area contributed by atoms with Crippen LogP contribution in [0.25, 0.3) is 0 Å². The van der Waals surface area contributed by atoms with Crippen LogP contribution in [-0.2, 0) is 16.0 Å². The fourth-order valence-corrected chi connectivity index (χ4v) is 2.21. The second kappa shape index (κ2) is 5.32. The van der Waals surface area contributed by atoms with Gasteiger partial charge in [0.05, 0.1) is 13.0 Å². The van der Waals surface area contributed by atoms with Gasteiger partial charge in [-0.1, -0.05) is 24.3 Å². The van der Waals surface area contributed by atoms with Crippen LogP contribution >= 0.6 is 12.4 Å². The first kappa shape index (κ1) is 13.0. The molecule has 3 nitrogen and oxygen atoms in total. The minimum Gasteiger partial charge on any atom is -0.469 e. The van der Waals surface area contributed by atoms with Crippen LogP contribution in [0.2, 0.25) is 0 Å². The van der Waals surface area contributed by atoms with Crippen LogP contribution in [0.5, 0.6) is 0 Å². The molecule has 0 amide bonds. The van der Waals surface area contributed by atoms with Gasteiger partial charge in [0.1, 0.15) is 0 Å². The number of benzene rings is 1. The van der Waals surface area contributed by atoms with E-state index in [0.29, 0.717) is 0 Å². The first-order valence-corrected chi connectivity index (χ1v) is 5.15. The Morgan fingerprint density at radius 2 is 2.12 bits per heavy atom. The molecular weight excluding hydrogens is 226 g/mol. The second-order valence-corrected chi connectivity index (χ2v) is 3.89. The Morgan fingerprint density at radius 1 is 1.44 bits per heavy atom. The number of carbonyl (C=O) groups excluding carboxylic acids is 1. The Labute approximate surface area is 101 Å². The van der Waals surface area contributed by atoms with E-state index in [0.717, 1.165) is 18.4 Å². The van der Waals surface area contributed by atoms with Crippen molar-refractivity contribution in [1.29, 1.82) is 0 Å². The molecule has 0 spiro atoms. The Hall–Kier alpha value is -1.06. The van der Waals surface area contributed by atoms with Gasteiger partial charge in [-0.3, -0.25) is 4.79 Å². The minimum atomic E-state index is -0.220. The third-order valence-corrected chi connectivity index (χ3v) is 3.08. The van der Waals surface area contributed by atoms with Gasteiger partial charge in [-0.05, 0) is 24.0 Å². The quantitative estimate of drug-likeness (QED) is 0.764. The molecule has 88 valence electrons. The predicted molar refractivity (Wildman–Crippen MR) is 64.4 cm³/mol. The van der Waals surface area contributed by atoms with Gasteiger partial charge in [0.15, 0.2) is 0 Å². The summed E-state index contributed by atoms with van der Waals surface area (Å²) in [6.45, 7) is 0. The second-order valence-electron chi connectivity index (χ2n) is 3.89. The Balaban J connectivity index is 0.00000128. The van der Waals surface area contributed by atoms with E-state index in [1.54, 1.807) is 0 Å². The number of hydrogen-bond donors (Lipinski definition) is 1. The van der Waals surface area contributed by atoms with E-state index >= 15 is 0 Å². The Kier molecular flexibility index (Phi) is 4.33. The zero-order valence-electron chi connectivity index (χ0n) is 9.18. The molecule has 2 atom stereocenters. The summed E-state index contributed by atoms with van der Waals surface area (Å²) in [6, 6.07) is 7.81. The average molecular weight is 242 g/mol. The summed E-state index contributed by atoms with van der Waals surface area (Å²) in [7, 11) is 1.41. The summed E-state index contributed by atoms with van der Waals surface area (Å²) in [4.78, 5) is 11.5. The van der Waals surface area contributed by atoms with E-state index in [1.165, 1.54) is 12.7 Å². The van der Waals surface area contributed by atoms with E-state index < -0.39 is 0 Å². The third-order valence-electron chi connectivity index (χ3n) is 3.08. The Bertz CT molecular complexity index is 381. The number of fused-ring (bicyclic) bond motifs is 1. The predicted octanol–water partition coefficient (Wildman–Crippen LogP) is 1.84. The zero-order valence-corrected chi connectivity index (χ0v) is 10.00. The highest BCUT2D eigenvalue weighted by atomic mass is 35.5. The molecule has 1 aromatic rings. The minimum absolute atomic E-state index is 0. The van der Waals surface area contributed by atoms with Crippen molar-refractivity contribution in [3.05, 3.63) is 35.4 Å². The topological polar surface area (TPSA) is 52.3 Å². The van der Waals surface area contributed by atoms with Crippen LogP contribution in [0, 0.1) is 5.92 Å². The molecule has 1 aliphatic rings. The molecule has 0 fully saturated rings. The zero-order chi connectivity index (χ0) is 10.8. The molecule has 1 aliphatic carbocycles. The molecule has 0 aromatic heterocycles. The van der Waals surface area contributed by atoms with Crippen molar-refractivity contribution < 1.29 is 9.53 Å². The lowest BCUT2D eigenvalue weighted by Crippen LogP contribution is -2.33. The van der Waals surface area contributed by atoms with Gasteiger partial charge in [0.25, 0.3) is 0 Å². The number of halogens is 1. The summed E-state index contributed by atoms with van der Waals surface area (Å²) in [5, 5.41) is 0. The normalized spacial score (nSPS) is 22.9. The van der Waals surface area contributed by atoms with Crippen molar-refractivity contribution in [2.24, 2.45) is 11.7 Å². The van der Waals surface area contributed by atoms with Gasteiger partial charge in [-0.15, -0.1) is 12.4 Å². The molecule has 2 rings (SSSR count). The summed E-state index contributed by atoms with van der Waals surface area (Å²) >= 11 is 0. The van der Waals surface area contributed by atoms with Crippen LogP contribution < -0.4 is 5.73 Å². The standard InChI is InChI=1S/C12H15NO2.ClH/c1-15-12(14)10-7-6-8-4-2-3-5-9(8)11(10)13;/h2-5,10-11H,6-7,13H2,1H3;1H/t10-,11+;/m1./s1. The number of hydrogen-bond acceptors (Lipinski definition) is 3. The highest BCUT2D eigenvalue weighted by molar-refractivity contribution is 5.85. The van der Waals surface area contributed by atoms with E-state index in [9.17, 15) is 4.79 Å². The summed E-state index contributed by atoms with van der Waals surface area (Å²) in [5.74, 6) is -0.387. The lowest BCUT2D eigenvalue weighted by atomic mass is 9.80. The molecule has 0 radical (unpaired) electrons. The van der Waals surface area contributed by atoms with Gasteiger partial charge in [-0.2, -0.15) is 0 Å². The molecule has 1 aromatic carbocycles. The van der Waals surface area contributed by atoms with Crippen molar-refractivity contribution in [2.45, 2.75) is 18.9 Å². The maximum Gasteiger partial charge on any atom is 0.310 e. The molecule has 0 bridgehead atoms. The van der Waals surface area contributed by atoms with E-state index in [-0.39, 0.29) is 30.3 Å². The van der Waals surface area contributed by atoms with Crippen LogP contribution in [0.4, 0.5) is 0 Å². The molecule has 0 saturated heterocycles. The summed E-state index contributed by atoms with van der Waals surface area (Å²) in [6.07, 6.45) is 1.69. The van der Waals surface area contributed by atoms with E-state index in [1.807, 2.05) is 18.2 Å². The highest BCUT2D eigenvalue weighted by Crippen LogP contribution is 2.33. The molecule has 0 unspecified atom stereocenters. The number of carbonyl (C=O) groups is 1. The summed E-state index contributed by atoms with van der Waals surface area (Å²) < 4.78 is 4.76. The average Bonchev–Trinajstić information content (AvgIpc) is 2.29. The lowest BCUT2D eigenvalue weighted by Gasteiger charge is -2.28. The number of esters is 1. The number of ether oxygens (including phenoxy) is 1. The van der Waals surface area contributed by atoms with E-state index in [4.69, 9.17) is 10.5 Å². The van der Waals surface area contributed by atoms with Gasteiger partial charge in [0.2, 0.25) is 0 Å². The van der Waals surface area contributed by atoms with Crippen molar-refractivity contribution >= 4 is 18.4 Å². The van der Waals surface area contributed by atoms with Crippen molar-refractivity contribution in [1.82, 2.24) is 0 Å². The van der Waals surface area contributed by atoms with Crippen LogP contribution in [0.3, 0.4) is 0 Å². The molecule has 0 aliphatic heterocycles. The fourth-order valence-electron chi connectivity index (χ4n) is 2.21. The number of nitrogens with two attached hydrogens (primary N) is 1. The molecule has 2 N–H and O–H groups in total. The van der Waals surface area contributed by atoms with Gasteiger partial charge in [-0.25, -0.2) is 0 Å². The van der Waals surface area contributed by atoms with Crippen molar-refractivity contribution in [3.63, 3.8) is 0 Å². The molecule has 0 saturated carbocycles. The van der Waals surface area contributed by atoms with Gasteiger partial charge in [0, 0.05) is 6.04 Å². The largest absolute Gasteiger partial charge is 0.469 e. The number of methoxy groups -OCH3 is 1. The summed E-state index contributed by atoms with van der Waals surface area (Å²) in [5.41, 5.74) is 8.40. The lowest BCUT2D eigenvalue weighted by molar-refractivity contribution is -0.146. The smallest absolute Gasteiger partial charge is 0.310 e. The first-order chi connectivity index (χ1) is 7.24. The monoisotopic (exact) mass is 241 g/mol. The Morgan fingerprint density at radius 3 is 2.81 bits per heavy atom. The van der Waals surface area contributed by atoms with Crippen LogP contribution in [0.15, 0.2) is 24.3 Å². The third kappa shape index (κ3) is 2.20.